The van der Waals surface area contributed by atoms with Gasteiger partial charge in [-0.3, -0.25) is 5.41 Å². The highest BCUT2D eigenvalue weighted by Gasteiger charge is 2.14. The highest BCUT2D eigenvalue weighted by Crippen LogP contribution is 2.19. The van der Waals surface area contributed by atoms with Crippen molar-refractivity contribution in [1.82, 2.24) is 4.98 Å². The fourth-order valence-corrected chi connectivity index (χ4v) is 1.65. The molecular formula is C12H20N4O. The van der Waals surface area contributed by atoms with E-state index in [1.54, 1.807) is 13.1 Å². The molecule has 0 aliphatic rings. The number of hydrogen-bond donors (Lipinski definition) is 3. The Balaban J connectivity index is 2.96. The first-order valence-electron chi connectivity index (χ1n) is 5.62. The van der Waals surface area contributed by atoms with Crippen molar-refractivity contribution >= 4 is 11.7 Å². The van der Waals surface area contributed by atoms with Crippen LogP contribution in [0.1, 0.15) is 24.5 Å². The van der Waals surface area contributed by atoms with E-state index in [4.69, 9.17) is 11.1 Å². The van der Waals surface area contributed by atoms with E-state index >= 15 is 0 Å². The zero-order valence-corrected chi connectivity index (χ0v) is 10.6. The van der Waals surface area contributed by atoms with Gasteiger partial charge in [-0.05, 0) is 31.9 Å². The minimum atomic E-state index is -0.344. The van der Waals surface area contributed by atoms with Crippen molar-refractivity contribution in [3.8, 4) is 0 Å². The topological polar surface area (TPSA) is 86.2 Å². The summed E-state index contributed by atoms with van der Waals surface area (Å²) in [6.07, 6.45) is 2.02. The van der Waals surface area contributed by atoms with Gasteiger partial charge < -0.3 is 15.7 Å². The largest absolute Gasteiger partial charge is 0.393 e. The lowest BCUT2D eigenvalue weighted by molar-refractivity contribution is 0.187. The van der Waals surface area contributed by atoms with Crippen LogP contribution in [0, 0.1) is 12.3 Å². The standard InChI is InChI=1S/C12H20N4O/c1-8-4-6-15-12(10(8)11(13)14)16(3)7-5-9(2)17/h4,6,9,17H,5,7H2,1-3H3,(H3,13,14). The molecule has 1 atom stereocenters. The average molecular weight is 236 g/mol. The molecule has 1 aromatic heterocycles. The molecule has 4 N–H and O–H groups in total. The molecule has 0 aliphatic carbocycles. The average Bonchev–Trinajstić information content (AvgIpc) is 2.24. The van der Waals surface area contributed by atoms with Gasteiger partial charge in [-0.25, -0.2) is 4.98 Å². The molecule has 0 bridgehead atoms. The van der Waals surface area contributed by atoms with Crippen molar-refractivity contribution < 1.29 is 5.11 Å². The van der Waals surface area contributed by atoms with Crippen molar-refractivity contribution in [1.29, 1.82) is 5.41 Å². The predicted octanol–water partition coefficient (Wildman–Crippen LogP) is 0.881. The van der Waals surface area contributed by atoms with E-state index in [-0.39, 0.29) is 11.9 Å². The normalized spacial score (nSPS) is 12.2. The van der Waals surface area contributed by atoms with Crippen LogP contribution in [0.2, 0.25) is 0 Å². The third-order valence-electron chi connectivity index (χ3n) is 2.65. The summed E-state index contributed by atoms with van der Waals surface area (Å²) in [5.74, 6) is 0.715. The zero-order valence-electron chi connectivity index (χ0n) is 10.6. The Kier molecular flexibility index (Phi) is 4.45. The fourth-order valence-electron chi connectivity index (χ4n) is 1.65. The number of aliphatic hydroxyl groups is 1. The summed E-state index contributed by atoms with van der Waals surface area (Å²) in [4.78, 5) is 6.18. The van der Waals surface area contributed by atoms with E-state index in [0.29, 0.717) is 24.3 Å². The Bertz CT molecular complexity index is 403. The Morgan fingerprint density at radius 2 is 2.29 bits per heavy atom. The van der Waals surface area contributed by atoms with Crippen LogP contribution in [0.15, 0.2) is 12.3 Å². The monoisotopic (exact) mass is 236 g/mol. The number of hydrogen-bond acceptors (Lipinski definition) is 4. The van der Waals surface area contributed by atoms with Crippen LogP contribution in [0.25, 0.3) is 0 Å². The number of aliphatic hydroxyl groups excluding tert-OH is 1. The highest BCUT2D eigenvalue weighted by atomic mass is 16.3. The molecule has 0 amide bonds. The summed E-state index contributed by atoms with van der Waals surface area (Å²) in [6.45, 7) is 4.34. The van der Waals surface area contributed by atoms with Crippen molar-refractivity contribution in [2.75, 3.05) is 18.5 Å². The number of nitrogen functional groups attached to an aromatic ring is 1. The van der Waals surface area contributed by atoms with Crippen LogP contribution in [0.3, 0.4) is 0 Å². The highest BCUT2D eigenvalue weighted by molar-refractivity contribution is 6.00. The molecule has 1 aromatic rings. The van der Waals surface area contributed by atoms with Gasteiger partial charge in [0, 0.05) is 19.8 Å². The Hall–Kier alpha value is -1.62. The van der Waals surface area contributed by atoms with Crippen molar-refractivity contribution in [2.45, 2.75) is 26.4 Å². The number of aromatic nitrogens is 1. The maximum absolute atomic E-state index is 9.27. The first kappa shape index (κ1) is 13.4. The Morgan fingerprint density at radius 1 is 1.65 bits per heavy atom. The summed E-state index contributed by atoms with van der Waals surface area (Å²) in [5.41, 5.74) is 7.18. The zero-order chi connectivity index (χ0) is 13.0. The fraction of sp³-hybridized carbons (Fsp3) is 0.500. The SMILES string of the molecule is Cc1ccnc(N(C)CCC(C)O)c1C(=N)N. The van der Waals surface area contributed by atoms with E-state index in [1.807, 2.05) is 24.9 Å². The number of nitrogens with two attached hydrogens (primary N) is 1. The first-order chi connectivity index (χ1) is 7.93. The van der Waals surface area contributed by atoms with Crippen molar-refractivity contribution in [2.24, 2.45) is 5.73 Å². The first-order valence-corrected chi connectivity index (χ1v) is 5.62. The Morgan fingerprint density at radius 3 is 2.82 bits per heavy atom. The van der Waals surface area contributed by atoms with E-state index in [0.717, 1.165) is 5.56 Å². The lowest BCUT2D eigenvalue weighted by Gasteiger charge is -2.22. The molecule has 1 heterocycles. The number of pyridine rings is 1. The molecule has 0 saturated heterocycles. The molecule has 0 radical (unpaired) electrons. The molecule has 0 aromatic carbocycles. The number of rotatable bonds is 5. The third-order valence-corrected chi connectivity index (χ3v) is 2.65. The number of anilines is 1. The molecule has 1 rings (SSSR count). The molecular weight excluding hydrogens is 216 g/mol. The van der Waals surface area contributed by atoms with Crippen LogP contribution in [0.4, 0.5) is 5.82 Å². The lowest BCUT2D eigenvalue weighted by Crippen LogP contribution is -2.27. The van der Waals surface area contributed by atoms with Gasteiger partial charge in [0.25, 0.3) is 0 Å². The Labute approximate surface area is 102 Å². The van der Waals surface area contributed by atoms with Gasteiger partial charge >= 0.3 is 0 Å². The van der Waals surface area contributed by atoms with E-state index in [2.05, 4.69) is 4.98 Å². The number of aryl methyl sites for hydroxylation is 1. The molecule has 5 nitrogen and oxygen atoms in total. The minimum Gasteiger partial charge on any atom is -0.393 e. The molecule has 1 unspecified atom stereocenters. The van der Waals surface area contributed by atoms with Gasteiger partial charge in [-0.1, -0.05) is 0 Å². The van der Waals surface area contributed by atoms with E-state index in [1.165, 1.54) is 0 Å². The van der Waals surface area contributed by atoms with Gasteiger partial charge in [0.05, 0.1) is 11.7 Å². The third kappa shape index (κ3) is 3.42. The predicted molar refractivity (Wildman–Crippen MR) is 69.6 cm³/mol. The summed E-state index contributed by atoms with van der Waals surface area (Å²) < 4.78 is 0. The second-order valence-corrected chi connectivity index (χ2v) is 4.30. The van der Waals surface area contributed by atoms with Crippen LogP contribution >= 0.6 is 0 Å². The quantitative estimate of drug-likeness (QED) is 0.523. The minimum absolute atomic E-state index is 0.0227. The second kappa shape index (κ2) is 5.63. The van der Waals surface area contributed by atoms with E-state index < -0.39 is 0 Å². The second-order valence-electron chi connectivity index (χ2n) is 4.30. The molecule has 0 spiro atoms. The molecule has 0 aliphatic heterocycles. The van der Waals surface area contributed by atoms with Crippen molar-refractivity contribution in [3.05, 3.63) is 23.4 Å². The maximum Gasteiger partial charge on any atom is 0.139 e. The molecule has 17 heavy (non-hydrogen) atoms. The van der Waals surface area contributed by atoms with Crippen LogP contribution in [-0.2, 0) is 0 Å². The molecule has 94 valence electrons. The number of nitrogens with one attached hydrogen (secondary N) is 1. The van der Waals surface area contributed by atoms with Gasteiger partial charge in [-0.15, -0.1) is 0 Å². The summed E-state index contributed by atoms with van der Waals surface area (Å²) in [7, 11) is 1.89. The summed E-state index contributed by atoms with van der Waals surface area (Å²) in [5, 5.41) is 16.9. The number of nitrogens with zero attached hydrogens (tertiary/aromatic N) is 2. The van der Waals surface area contributed by atoms with Gasteiger partial charge in [0.2, 0.25) is 0 Å². The number of amidine groups is 1. The molecule has 0 fully saturated rings. The smallest absolute Gasteiger partial charge is 0.139 e. The summed E-state index contributed by atoms with van der Waals surface area (Å²) in [6, 6.07) is 1.84. The molecule has 0 saturated carbocycles. The molecule has 5 heteroatoms. The van der Waals surface area contributed by atoms with Crippen LogP contribution < -0.4 is 10.6 Å². The van der Waals surface area contributed by atoms with E-state index in [9.17, 15) is 5.11 Å². The van der Waals surface area contributed by atoms with Crippen molar-refractivity contribution in [3.63, 3.8) is 0 Å². The van der Waals surface area contributed by atoms with Crippen LogP contribution in [0.5, 0.6) is 0 Å². The van der Waals surface area contributed by atoms with Crippen LogP contribution in [-0.4, -0.2) is 35.6 Å². The lowest BCUT2D eigenvalue weighted by atomic mass is 10.1. The van der Waals surface area contributed by atoms with Gasteiger partial charge in [0.15, 0.2) is 0 Å². The van der Waals surface area contributed by atoms with Gasteiger partial charge in [-0.2, -0.15) is 0 Å². The summed E-state index contributed by atoms with van der Waals surface area (Å²) >= 11 is 0. The van der Waals surface area contributed by atoms with Gasteiger partial charge in [0.1, 0.15) is 11.7 Å². The maximum atomic E-state index is 9.27.